The number of halogens is 1. The first-order valence-corrected chi connectivity index (χ1v) is 5.79. The minimum atomic E-state index is 0.531. The smallest absolute Gasteiger partial charge is 0.100 e. The van der Waals surface area contributed by atoms with Crippen LogP contribution in [0.4, 0.5) is 0 Å². The topological polar surface area (TPSA) is 23.8 Å². The molecule has 0 N–H and O–H groups in total. The summed E-state index contributed by atoms with van der Waals surface area (Å²) in [6.07, 6.45) is 1.10. The molecule has 0 aliphatic carbocycles. The molecule has 74 valence electrons. The molecule has 1 aromatic carbocycles. The van der Waals surface area contributed by atoms with Crippen molar-refractivity contribution in [1.29, 1.82) is 5.26 Å². The van der Waals surface area contributed by atoms with Crippen LogP contribution in [-0.4, -0.2) is 5.25 Å². The minimum Gasteiger partial charge on any atom is -0.192 e. The molecular weight excluding hydrogens is 214 g/mol. The van der Waals surface area contributed by atoms with E-state index in [0.717, 1.165) is 11.3 Å². The summed E-state index contributed by atoms with van der Waals surface area (Å²) in [5.41, 5.74) is 0.669. The lowest BCUT2D eigenvalue weighted by atomic mass is 10.2. The summed E-state index contributed by atoms with van der Waals surface area (Å²) in [5, 5.41) is 10.1. The maximum atomic E-state index is 8.91. The van der Waals surface area contributed by atoms with Gasteiger partial charge in [0, 0.05) is 15.2 Å². The van der Waals surface area contributed by atoms with E-state index in [2.05, 4.69) is 19.9 Å². The van der Waals surface area contributed by atoms with Gasteiger partial charge in [-0.2, -0.15) is 5.26 Å². The Morgan fingerprint density at radius 3 is 2.86 bits per heavy atom. The molecule has 0 spiro atoms. The van der Waals surface area contributed by atoms with Crippen LogP contribution in [-0.2, 0) is 0 Å². The fourth-order valence-electron chi connectivity index (χ4n) is 0.992. The van der Waals surface area contributed by atoms with Crippen molar-refractivity contribution in [2.24, 2.45) is 0 Å². The van der Waals surface area contributed by atoms with Gasteiger partial charge < -0.3 is 0 Å². The molecule has 0 saturated carbocycles. The standard InChI is InChI=1S/C11H12ClNS/c1-3-8(2)14-11-5-4-10(12)6-9(11)7-13/h4-6,8H,3H2,1-2H3. The maximum Gasteiger partial charge on any atom is 0.100 e. The number of nitrogens with zero attached hydrogens (tertiary/aromatic N) is 1. The van der Waals surface area contributed by atoms with E-state index in [1.807, 2.05) is 12.1 Å². The summed E-state index contributed by atoms with van der Waals surface area (Å²) in [6, 6.07) is 7.62. The second kappa shape index (κ2) is 5.29. The number of hydrogen-bond acceptors (Lipinski definition) is 2. The number of benzene rings is 1. The quantitative estimate of drug-likeness (QED) is 0.724. The molecule has 1 aromatic rings. The van der Waals surface area contributed by atoms with Gasteiger partial charge in [-0.25, -0.2) is 0 Å². The fourth-order valence-corrected chi connectivity index (χ4v) is 2.14. The lowest BCUT2D eigenvalue weighted by molar-refractivity contribution is 0.905. The number of hydrogen-bond donors (Lipinski definition) is 0. The van der Waals surface area contributed by atoms with Crippen LogP contribution in [0.1, 0.15) is 25.8 Å². The van der Waals surface area contributed by atoms with E-state index < -0.39 is 0 Å². The van der Waals surface area contributed by atoms with Gasteiger partial charge in [-0.15, -0.1) is 11.8 Å². The van der Waals surface area contributed by atoms with Crippen molar-refractivity contribution in [2.75, 3.05) is 0 Å². The van der Waals surface area contributed by atoms with Crippen LogP contribution in [0, 0.1) is 11.3 Å². The maximum absolute atomic E-state index is 8.91. The van der Waals surface area contributed by atoms with E-state index in [4.69, 9.17) is 16.9 Å². The predicted octanol–water partition coefficient (Wildman–Crippen LogP) is 4.10. The lowest BCUT2D eigenvalue weighted by Gasteiger charge is -2.09. The van der Waals surface area contributed by atoms with Crippen molar-refractivity contribution in [3.63, 3.8) is 0 Å². The van der Waals surface area contributed by atoms with Crippen LogP contribution in [0.3, 0.4) is 0 Å². The van der Waals surface area contributed by atoms with Crippen molar-refractivity contribution >= 4 is 23.4 Å². The zero-order chi connectivity index (χ0) is 10.6. The Morgan fingerprint density at radius 2 is 2.29 bits per heavy atom. The van der Waals surface area contributed by atoms with Gasteiger partial charge >= 0.3 is 0 Å². The third-order valence-electron chi connectivity index (χ3n) is 1.97. The van der Waals surface area contributed by atoms with Crippen molar-refractivity contribution in [1.82, 2.24) is 0 Å². The summed E-state index contributed by atoms with van der Waals surface area (Å²) < 4.78 is 0. The normalized spacial score (nSPS) is 12.1. The first-order chi connectivity index (χ1) is 6.67. The van der Waals surface area contributed by atoms with Crippen LogP contribution in [0.15, 0.2) is 23.1 Å². The van der Waals surface area contributed by atoms with Gasteiger partial charge in [0.1, 0.15) is 6.07 Å². The summed E-state index contributed by atoms with van der Waals surface area (Å²) in [5.74, 6) is 0. The Hall–Kier alpha value is -0.650. The highest BCUT2D eigenvalue weighted by atomic mass is 35.5. The summed E-state index contributed by atoms with van der Waals surface area (Å²) >= 11 is 7.53. The molecule has 0 saturated heterocycles. The molecular formula is C11H12ClNS. The molecule has 0 heterocycles. The first-order valence-electron chi connectivity index (χ1n) is 4.53. The van der Waals surface area contributed by atoms with Crippen molar-refractivity contribution in [3.8, 4) is 6.07 Å². The summed E-state index contributed by atoms with van der Waals surface area (Å²) in [7, 11) is 0. The molecule has 1 atom stereocenters. The van der Waals surface area contributed by atoms with Gasteiger partial charge in [0.25, 0.3) is 0 Å². The fraction of sp³-hybridized carbons (Fsp3) is 0.364. The van der Waals surface area contributed by atoms with E-state index in [1.165, 1.54) is 0 Å². The molecule has 0 amide bonds. The number of nitriles is 1. The highest BCUT2D eigenvalue weighted by Crippen LogP contribution is 2.29. The predicted molar refractivity (Wildman–Crippen MR) is 61.8 cm³/mol. The number of rotatable bonds is 3. The lowest BCUT2D eigenvalue weighted by Crippen LogP contribution is -1.93. The second-order valence-electron chi connectivity index (χ2n) is 3.09. The van der Waals surface area contributed by atoms with Crippen molar-refractivity contribution in [3.05, 3.63) is 28.8 Å². The third-order valence-corrected chi connectivity index (χ3v) is 3.55. The molecule has 0 radical (unpaired) electrons. The monoisotopic (exact) mass is 225 g/mol. The van der Waals surface area contributed by atoms with Gasteiger partial charge in [0.05, 0.1) is 5.56 Å². The molecule has 0 aromatic heterocycles. The first kappa shape index (κ1) is 11.4. The molecule has 3 heteroatoms. The molecule has 0 fully saturated rings. The summed E-state index contributed by atoms with van der Waals surface area (Å²) in [6.45, 7) is 4.29. The molecule has 0 aliphatic rings. The SMILES string of the molecule is CCC(C)Sc1ccc(Cl)cc1C#N. The van der Waals surface area contributed by atoms with Crippen LogP contribution in [0.5, 0.6) is 0 Å². The zero-order valence-corrected chi connectivity index (χ0v) is 9.82. The molecule has 14 heavy (non-hydrogen) atoms. The highest BCUT2D eigenvalue weighted by molar-refractivity contribution is 8.00. The van der Waals surface area contributed by atoms with E-state index in [-0.39, 0.29) is 0 Å². The Bertz CT molecular complexity index is 357. The Morgan fingerprint density at radius 1 is 1.57 bits per heavy atom. The Kier molecular flexibility index (Phi) is 4.31. The average molecular weight is 226 g/mol. The van der Waals surface area contributed by atoms with Gasteiger partial charge in [0.15, 0.2) is 0 Å². The molecule has 0 aliphatic heterocycles. The molecule has 1 unspecified atom stereocenters. The van der Waals surface area contributed by atoms with Gasteiger partial charge in [-0.1, -0.05) is 25.4 Å². The summed E-state index contributed by atoms with van der Waals surface area (Å²) in [4.78, 5) is 1.02. The van der Waals surface area contributed by atoms with E-state index >= 15 is 0 Å². The molecule has 1 nitrogen and oxygen atoms in total. The minimum absolute atomic E-state index is 0.531. The molecule has 0 bridgehead atoms. The molecule has 1 rings (SSSR count). The van der Waals surface area contributed by atoms with E-state index in [1.54, 1.807) is 17.8 Å². The van der Waals surface area contributed by atoms with Crippen LogP contribution in [0.2, 0.25) is 5.02 Å². The third kappa shape index (κ3) is 2.94. The average Bonchev–Trinajstić information content (AvgIpc) is 2.20. The number of thioether (sulfide) groups is 1. The highest BCUT2D eigenvalue weighted by Gasteiger charge is 2.07. The van der Waals surface area contributed by atoms with Crippen LogP contribution >= 0.6 is 23.4 Å². The van der Waals surface area contributed by atoms with E-state index in [0.29, 0.717) is 15.8 Å². The van der Waals surface area contributed by atoms with Crippen LogP contribution < -0.4 is 0 Å². The van der Waals surface area contributed by atoms with Crippen molar-refractivity contribution < 1.29 is 0 Å². The Labute approximate surface area is 94.1 Å². The largest absolute Gasteiger partial charge is 0.192 e. The van der Waals surface area contributed by atoms with Gasteiger partial charge in [-0.05, 0) is 24.6 Å². The van der Waals surface area contributed by atoms with Gasteiger partial charge in [-0.3, -0.25) is 0 Å². The van der Waals surface area contributed by atoms with Gasteiger partial charge in [0.2, 0.25) is 0 Å². The van der Waals surface area contributed by atoms with E-state index in [9.17, 15) is 0 Å². The Balaban J connectivity index is 2.92. The second-order valence-corrected chi connectivity index (χ2v) is 5.01. The van der Waals surface area contributed by atoms with Crippen molar-refractivity contribution in [2.45, 2.75) is 30.4 Å². The van der Waals surface area contributed by atoms with Crippen LogP contribution in [0.25, 0.3) is 0 Å². The zero-order valence-electron chi connectivity index (χ0n) is 8.25.